The third-order valence-electron chi connectivity index (χ3n) is 2.51. The van der Waals surface area contributed by atoms with Gasteiger partial charge in [0.1, 0.15) is 0 Å². The van der Waals surface area contributed by atoms with Gasteiger partial charge in [-0.2, -0.15) is 0 Å². The van der Waals surface area contributed by atoms with E-state index in [1.165, 1.54) is 5.39 Å². The van der Waals surface area contributed by atoms with Crippen molar-refractivity contribution in [3.8, 4) is 0 Å². The van der Waals surface area contributed by atoms with Gasteiger partial charge in [0.15, 0.2) is 0 Å². The number of nitrogens with one attached hydrogen (secondary N) is 2. The molecule has 17 heavy (non-hydrogen) atoms. The maximum absolute atomic E-state index is 10.3. The first kappa shape index (κ1) is 11.3. The fourth-order valence-corrected chi connectivity index (χ4v) is 1.75. The third kappa shape index (κ3) is 2.87. The van der Waals surface area contributed by atoms with Gasteiger partial charge < -0.3 is 15.7 Å². The van der Waals surface area contributed by atoms with Gasteiger partial charge in [-0.05, 0) is 11.5 Å². The Kier molecular flexibility index (Phi) is 3.45. The Morgan fingerprint density at radius 3 is 2.65 bits per heavy atom. The molecule has 2 aromatic rings. The zero-order chi connectivity index (χ0) is 12.1. The van der Waals surface area contributed by atoms with Crippen LogP contribution in [0.15, 0.2) is 42.5 Å². The van der Waals surface area contributed by atoms with Crippen LogP contribution in [0.4, 0.5) is 10.5 Å². The normalized spacial score (nSPS) is 10.1. The lowest BCUT2D eigenvalue weighted by molar-refractivity contribution is 0.195. The van der Waals surface area contributed by atoms with E-state index in [1.807, 2.05) is 30.3 Å². The van der Waals surface area contributed by atoms with Crippen LogP contribution < -0.4 is 10.6 Å². The summed E-state index contributed by atoms with van der Waals surface area (Å²) in [5, 5.41) is 16.3. The summed E-state index contributed by atoms with van der Waals surface area (Å²) in [6.45, 7) is 0.957. The smallest absolute Gasteiger partial charge is 0.404 e. The number of hydrogen-bond acceptors (Lipinski definition) is 2. The molecule has 0 spiro atoms. The summed E-state index contributed by atoms with van der Waals surface area (Å²) in [6, 6.07) is 14.1. The Morgan fingerprint density at radius 1 is 1.06 bits per heavy atom. The van der Waals surface area contributed by atoms with Crippen LogP contribution in [0.2, 0.25) is 0 Å². The molecule has 0 aliphatic heterocycles. The molecule has 2 aromatic carbocycles. The summed E-state index contributed by atoms with van der Waals surface area (Å²) in [6.07, 6.45) is -0.996. The maximum Gasteiger partial charge on any atom is 0.404 e. The van der Waals surface area contributed by atoms with Crippen molar-refractivity contribution in [2.75, 3.05) is 18.4 Å². The summed E-state index contributed by atoms with van der Waals surface area (Å²) in [5.74, 6) is 0. The number of anilines is 1. The molecular formula is C13H14N2O2. The summed E-state index contributed by atoms with van der Waals surface area (Å²) in [4.78, 5) is 10.3. The molecule has 88 valence electrons. The average molecular weight is 230 g/mol. The molecule has 0 aromatic heterocycles. The van der Waals surface area contributed by atoms with Crippen molar-refractivity contribution in [2.24, 2.45) is 0 Å². The summed E-state index contributed by atoms with van der Waals surface area (Å²) in [7, 11) is 0. The van der Waals surface area contributed by atoms with Crippen LogP contribution in [-0.2, 0) is 0 Å². The van der Waals surface area contributed by atoms with Crippen molar-refractivity contribution in [1.29, 1.82) is 0 Å². The van der Waals surface area contributed by atoms with Crippen LogP contribution in [0.25, 0.3) is 10.8 Å². The minimum Gasteiger partial charge on any atom is -0.465 e. The lowest BCUT2D eigenvalue weighted by Gasteiger charge is -2.09. The van der Waals surface area contributed by atoms with E-state index in [9.17, 15) is 4.79 Å². The van der Waals surface area contributed by atoms with Crippen LogP contribution in [0.5, 0.6) is 0 Å². The van der Waals surface area contributed by atoms with E-state index in [0.717, 1.165) is 11.1 Å². The molecule has 0 fully saturated rings. The fraction of sp³-hybridized carbons (Fsp3) is 0.154. The largest absolute Gasteiger partial charge is 0.465 e. The molecule has 4 nitrogen and oxygen atoms in total. The zero-order valence-corrected chi connectivity index (χ0v) is 9.31. The lowest BCUT2D eigenvalue weighted by atomic mass is 10.1. The molecule has 0 aliphatic carbocycles. The van der Waals surface area contributed by atoms with E-state index in [4.69, 9.17) is 5.11 Å². The number of benzene rings is 2. The van der Waals surface area contributed by atoms with Gasteiger partial charge in [0.05, 0.1) is 0 Å². The van der Waals surface area contributed by atoms with Crippen molar-refractivity contribution in [3.63, 3.8) is 0 Å². The van der Waals surface area contributed by atoms with Gasteiger partial charge in [0.2, 0.25) is 0 Å². The second-order valence-corrected chi connectivity index (χ2v) is 3.69. The number of carbonyl (C=O) groups is 1. The predicted molar refractivity (Wildman–Crippen MR) is 68.5 cm³/mol. The van der Waals surface area contributed by atoms with E-state index in [0.29, 0.717) is 13.1 Å². The zero-order valence-electron chi connectivity index (χ0n) is 9.31. The van der Waals surface area contributed by atoms with E-state index in [-0.39, 0.29) is 0 Å². The number of rotatable bonds is 4. The van der Waals surface area contributed by atoms with Crippen LogP contribution in [0.3, 0.4) is 0 Å². The molecule has 0 heterocycles. The van der Waals surface area contributed by atoms with Crippen molar-refractivity contribution in [1.82, 2.24) is 5.32 Å². The highest BCUT2D eigenvalue weighted by molar-refractivity contribution is 5.93. The third-order valence-corrected chi connectivity index (χ3v) is 2.51. The molecule has 0 radical (unpaired) electrons. The first-order valence-corrected chi connectivity index (χ1v) is 5.46. The molecule has 2 rings (SSSR count). The minimum absolute atomic E-state index is 0.387. The summed E-state index contributed by atoms with van der Waals surface area (Å²) >= 11 is 0. The lowest BCUT2D eigenvalue weighted by Crippen LogP contribution is -2.26. The van der Waals surface area contributed by atoms with Gasteiger partial charge in [-0.15, -0.1) is 0 Å². The molecule has 0 atom stereocenters. The molecular weight excluding hydrogens is 216 g/mol. The first-order valence-electron chi connectivity index (χ1n) is 5.46. The molecule has 0 bridgehead atoms. The molecule has 0 aliphatic rings. The fourth-order valence-electron chi connectivity index (χ4n) is 1.75. The Morgan fingerprint density at radius 2 is 1.82 bits per heavy atom. The molecule has 0 saturated heterocycles. The molecule has 0 unspecified atom stereocenters. The van der Waals surface area contributed by atoms with Crippen molar-refractivity contribution in [3.05, 3.63) is 42.5 Å². The number of fused-ring (bicyclic) bond motifs is 1. The van der Waals surface area contributed by atoms with Crippen molar-refractivity contribution < 1.29 is 9.90 Å². The molecule has 4 heteroatoms. The molecule has 0 saturated carbocycles. The molecule has 3 N–H and O–H groups in total. The van der Waals surface area contributed by atoms with E-state index >= 15 is 0 Å². The van der Waals surface area contributed by atoms with Crippen LogP contribution in [-0.4, -0.2) is 24.3 Å². The number of hydrogen-bond donors (Lipinski definition) is 3. The highest BCUT2D eigenvalue weighted by atomic mass is 16.4. The number of amides is 1. The predicted octanol–water partition coefficient (Wildman–Crippen LogP) is 2.52. The van der Waals surface area contributed by atoms with Crippen LogP contribution >= 0.6 is 0 Å². The van der Waals surface area contributed by atoms with Crippen molar-refractivity contribution in [2.45, 2.75) is 0 Å². The maximum atomic E-state index is 10.3. The topological polar surface area (TPSA) is 61.4 Å². The van der Waals surface area contributed by atoms with Crippen LogP contribution in [0, 0.1) is 0 Å². The first-order chi connectivity index (χ1) is 8.27. The average Bonchev–Trinajstić information content (AvgIpc) is 2.34. The highest BCUT2D eigenvalue weighted by Crippen LogP contribution is 2.22. The van der Waals surface area contributed by atoms with Crippen molar-refractivity contribution >= 4 is 22.6 Å². The standard InChI is InChI=1S/C13H14N2O2/c16-13(17)15-9-8-14-12-7-3-5-10-4-1-2-6-11(10)12/h1-7,14-15H,8-9H2,(H,16,17). The highest BCUT2D eigenvalue weighted by Gasteiger charge is 1.99. The summed E-state index contributed by atoms with van der Waals surface area (Å²) in [5.41, 5.74) is 1.02. The minimum atomic E-state index is -0.996. The van der Waals surface area contributed by atoms with Gasteiger partial charge in [-0.1, -0.05) is 36.4 Å². The van der Waals surface area contributed by atoms with E-state index in [2.05, 4.69) is 22.8 Å². The Bertz CT molecular complexity index is 520. The van der Waals surface area contributed by atoms with Gasteiger partial charge in [-0.25, -0.2) is 4.79 Å². The van der Waals surface area contributed by atoms with E-state index < -0.39 is 6.09 Å². The van der Waals surface area contributed by atoms with Crippen LogP contribution in [0.1, 0.15) is 0 Å². The van der Waals surface area contributed by atoms with Gasteiger partial charge >= 0.3 is 6.09 Å². The Balaban J connectivity index is 2.05. The quantitative estimate of drug-likeness (QED) is 0.707. The van der Waals surface area contributed by atoms with Gasteiger partial charge in [0, 0.05) is 24.2 Å². The Labute approximate surface area is 99.3 Å². The number of carboxylic acid groups (broad SMARTS) is 1. The monoisotopic (exact) mass is 230 g/mol. The second-order valence-electron chi connectivity index (χ2n) is 3.69. The van der Waals surface area contributed by atoms with E-state index in [1.54, 1.807) is 0 Å². The second kappa shape index (κ2) is 5.21. The Hall–Kier alpha value is -2.23. The molecule has 1 amide bonds. The SMILES string of the molecule is O=C(O)NCCNc1cccc2ccccc12. The summed E-state index contributed by atoms with van der Waals surface area (Å²) < 4.78 is 0. The van der Waals surface area contributed by atoms with Gasteiger partial charge in [-0.3, -0.25) is 0 Å². The van der Waals surface area contributed by atoms with Gasteiger partial charge in [0.25, 0.3) is 0 Å².